The van der Waals surface area contributed by atoms with Crippen LogP contribution in [0.2, 0.25) is 0 Å². The van der Waals surface area contributed by atoms with Gasteiger partial charge in [0, 0.05) is 12.8 Å². The summed E-state index contributed by atoms with van der Waals surface area (Å²) in [6, 6.07) is 12.1. The molecular formula is C21H23FO5. The van der Waals surface area contributed by atoms with Crippen LogP contribution in [0.3, 0.4) is 0 Å². The van der Waals surface area contributed by atoms with Crippen molar-refractivity contribution >= 4 is 5.78 Å². The second kappa shape index (κ2) is 8.61. The van der Waals surface area contributed by atoms with Gasteiger partial charge in [0.05, 0.1) is 19.3 Å². The van der Waals surface area contributed by atoms with Crippen LogP contribution < -0.4 is 4.74 Å². The molecule has 3 atom stereocenters. The van der Waals surface area contributed by atoms with E-state index in [1.165, 1.54) is 6.07 Å². The Balaban J connectivity index is 1.79. The van der Waals surface area contributed by atoms with E-state index in [-0.39, 0.29) is 12.2 Å². The Morgan fingerprint density at radius 1 is 1.22 bits per heavy atom. The van der Waals surface area contributed by atoms with E-state index in [1.807, 2.05) is 31.2 Å². The maximum atomic E-state index is 14.3. The Morgan fingerprint density at radius 3 is 2.63 bits per heavy atom. The number of carbonyl (C=O) groups excluding carboxylic acids is 1. The number of hydrogen-bond donors (Lipinski definition) is 2. The SMILES string of the molecule is CCOc1ccc(Cc2cc(C3CC(O)C(=O)C(CO)O3)ccc2F)cc1. The number of rotatable bonds is 6. The highest BCUT2D eigenvalue weighted by atomic mass is 19.1. The first-order chi connectivity index (χ1) is 13.0. The largest absolute Gasteiger partial charge is 0.494 e. The molecule has 1 aliphatic heterocycles. The molecule has 2 aromatic carbocycles. The highest BCUT2D eigenvalue weighted by Gasteiger charge is 2.36. The van der Waals surface area contributed by atoms with Crippen LogP contribution in [0.25, 0.3) is 0 Å². The summed E-state index contributed by atoms with van der Waals surface area (Å²) in [5.74, 6) is -0.0935. The van der Waals surface area contributed by atoms with Crippen molar-refractivity contribution < 1.29 is 28.9 Å². The van der Waals surface area contributed by atoms with Gasteiger partial charge >= 0.3 is 0 Å². The van der Waals surface area contributed by atoms with Crippen molar-refractivity contribution in [1.29, 1.82) is 0 Å². The molecule has 0 bridgehead atoms. The van der Waals surface area contributed by atoms with E-state index in [9.17, 15) is 19.4 Å². The predicted octanol–water partition coefficient (Wildman–Crippen LogP) is 2.57. The number of hydrogen-bond acceptors (Lipinski definition) is 5. The molecule has 0 spiro atoms. The maximum absolute atomic E-state index is 14.3. The van der Waals surface area contributed by atoms with E-state index in [4.69, 9.17) is 9.47 Å². The molecule has 144 valence electrons. The van der Waals surface area contributed by atoms with Crippen molar-refractivity contribution in [2.24, 2.45) is 0 Å². The van der Waals surface area contributed by atoms with Gasteiger partial charge in [-0.05, 0) is 47.9 Å². The summed E-state index contributed by atoms with van der Waals surface area (Å²) in [7, 11) is 0. The van der Waals surface area contributed by atoms with Crippen molar-refractivity contribution in [3.63, 3.8) is 0 Å². The first-order valence-electron chi connectivity index (χ1n) is 9.00. The highest BCUT2D eigenvalue weighted by Crippen LogP contribution is 2.31. The van der Waals surface area contributed by atoms with Gasteiger partial charge in [0.1, 0.15) is 23.8 Å². The molecule has 3 rings (SSSR count). The van der Waals surface area contributed by atoms with Crippen molar-refractivity contribution in [3.05, 3.63) is 65.0 Å². The van der Waals surface area contributed by atoms with E-state index >= 15 is 0 Å². The van der Waals surface area contributed by atoms with Gasteiger partial charge < -0.3 is 19.7 Å². The smallest absolute Gasteiger partial charge is 0.192 e. The number of benzene rings is 2. The third-order valence-corrected chi connectivity index (χ3v) is 4.65. The van der Waals surface area contributed by atoms with Gasteiger partial charge in [0.25, 0.3) is 0 Å². The summed E-state index contributed by atoms with van der Waals surface area (Å²) in [5, 5.41) is 19.2. The van der Waals surface area contributed by atoms with Crippen LogP contribution in [0.5, 0.6) is 5.75 Å². The van der Waals surface area contributed by atoms with Gasteiger partial charge in [-0.25, -0.2) is 4.39 Å². The number of carbonyl (C=O) groups is 1. The molecule has 0 radical (unpaired) electrons. The van der Waals surface area contributed by atoms with Crippen LogP contribution in [0, 0.1) is 5.82 Å². The monoisotopic (exact) mass is 374 g/mol. The Morgan fingerprint density at radius 2 is 1.96 bits per heavy atom. The van der Waals surface area contributed by atoms with Gasteiger partial charge in [-0.2, -0.15) is 0 Å². The first kappa shape index (κ1) is 19.5. The zero-order valence-electron chi connectivity index (χ0n) is 15.1. The summed E-state index contributed by atoms with van der Waals surface area (Å²) >= 11 is 0. The summed E-state index contributed by atoms with van der Waals surface area (Å²) < 4.78 is 25.3. The molecule has 2 aromatic rings. The molecule has 27 heavy (non-hydrogen) atoms. The third-order valence-electron chi connectivity index (χ3n) is 4.65. The van der Waals surface area contributed by atoms with E-state index in [2.05, 4.69) is 0 Å². The summed E-state index contributed by atoms with van der Waals surface area (Å²) in [6.07, 6.45) is -2.35. The topological polar surface area (TPSA) is 76.0 Å². The Bertz CT molecular complexity index is 790. The Labute approximate surface area is 157 Å². The number of aliphatic hydroxyl groups is 2. The van der Waals surface area contributed by atoms with E-state index in [0.29, 0.717) is 24.2 Å². The molecule has 0 amide bonds. The molecule has 5 nitrogen and oxygen atoms in total. The molecule has 0 aromatic heterocycles. The first-order valence-corrected chi connectivity index (χ1v) is 9.00. The van der Waals surface area contributed by atoms with Crippen LogP contribution in [0.4, 0.5) is 4.39 Å². The molecule has 0 saturated carbocycles. The maximum Gasteiger partial charge on any atom is 0.192 e. The van der Waals surface area contributed by atoms with Crippen LogP contribution >= 0.6 is 0 Å². The van der Waals surface area contributed by atoms with Crippen molar-refractivity contribution in [3.8, 4) is 5.75 Å². The molecule has 1 saturated heterocycles. The number of aliphatic hydroxyl groups excluding tert-OH is 2. The fourth-order valence-corrected chi connectivity index (χ4v) is 3.22. The summed E-state index contributed by atoms with van der Waals surface area (Å²) in [4.78, 5) is 11.8. The summed E-state index contributed by atoms with van der Waals surface area (Å²) in [6.45, 7) is 2.00. The predicted molar refractivity (Wildman–Crippen MR) is 97.1 cm³/mol. The standard InChI is InChI=1S/C21H23FO5/c1-2-26-16-6-3-13(4-7-16)9-15-10-14(5-8-17(15)22)19-11-18(24)21(25)20(12-23)27-19/h3-8,10,18-20,23-24H,2,9,11-12H2,1H3. The van der Waals surface area contributed by atoms with Gasteiger partial charge in [0.2, 0.25) is 0 Å². The number of ether oxygens (including phenoxy) is 2. The zero-order chi connectivity index (χ0) is 19.4. The van der Waals surface area contributed by atoms with Crippen LogP contribution in [0.15, 0.2) is 42.5 Å². The molecular weight excluding hydrogens is 351 g/mol. The Kier molecular flexibility index (Phi) is 6.21. The molecule has 2 N–H and O–H groups in total. The van der Waals surface area contributed by atoms with Gasteiger partial charge in [-0.15, -0.1) is 0 Å². The zero-order valence-corrected chi connectivity index (χ0v) is 15.1. The second-order valence-electron chi connectivity index (χ2n) is 6.55. The lowest BCUT2D eigenvalue weighted by molar-refractivity contribution is -0.161. The lowest BCUT2D eigenvalue weighted by atomic mass is 9.93. The van der Waals surface area contributed by atoms with Crippen LogP contribution in [-0.2, 0) is 16.0 Å². The molecule has 6 heteroatoms. The molecule has 1 heterocycles. The van der Waals surface area contributed by atoms with E-state index in [1.54, 1.807) is 12.1 Å². The molecule has 1 aliphatic rings. The summed E-state index contributed by atoms with van der Waals surface area (Å²) in [5.41, 5.74) is 2.09. The minimum absolute atomic E-state index is 0.0868. The average Bonchev–Trinajstić information content (AvgIpc) is 2.67. The van der Waals surface area contributed by atoms with Crippen LogP contribution in [-0.4, -0.2) is 41.4 Å². The van der Waals surface area contributed by atoms with Crippen molar-refractivity contribution in [2.45, 2.75) is 38.1 Å². The number of ketones is 1. The normalized spacial score (nSPS) is 22.7. The number of halogens is 1. The lowest BCUT2D eigenvalue weighted by Gasteiger charge is -2.31. The molecule has 3 unspecified atom stereocenters. The van der Waals surface area contributed by atoms with Crippen LogP contribution in [0.1, 0.15) is 36.1 Å². The third kappa shape index (κ3) is 4.53. The van der Waals surface area contributed by atoms with E-state index in [0.717, 1.165) is 11.3 Å². The highest BCUT2D eigenvalue weighted by molar-refractivity contribution is 5.88. The fourth-order valence-electron chi connectivity index (χ4n) is 3.22. The van der Waals surface area contributed by atoms with Crippen molar-refractivity contribution in [2.75, 3.05) is 13.2 Å². The minimum atomic E-state index is -1.19. The van der Waals surface area contributed by atoms with Gasteiger partial charge in [-0.1, -0.05) is 18.2 Å². The van der Waals surface area contributed by atoms with Gasteiger partial charge in [0.15, 0.2) is 5.78 Å². The number of Topliss-reactive ketones (excluding diaryl/α,β-unsaturated/α-hetero) is 1. The van der Waals surface area contributed by atoms with E-state index < -0.39 is 30.7 Å². The molecule has 1 fully saturated rings. The lowest BCUT2D eigenvalue weighted by Crippen LogP contribution is -2.43. The Hall–Kier alpha value is -2.28. The minimum Gasteiger partial charge on any atom is -0.494 e. The average molecular weight is 374 g/mol. The second-order valence-corrected chi connectivity index (χ2v) is 6.55. The quantitative estimate of drug-likeness (QED) is 0.813. The van der Waals surface area contributed by atoms with Crippen molar-refractivity contribution in [1.82, 2.24) is 0 Å². The molecule has 0 aliphatic carbocycles. The van der Waals surface area contributed by atoms with Gasteiger partial charge in [-0.3, -0.25) is 4.79 Å². The fraction of sp³-hybridized carbons (Fsp3) is 0.381.